The molecule has 0 fully saturated rings. The van der Waals surface area contributed by atoms with Gasteiger partial charge in [-0.1, -0.05) is 0 Å². The number of fused-ring (bicyclic) bond motifs is 1. The highest BCUT2D eigenvalue weighted by atomic mass is 32.1. The second-order valence-corrected chi connectivity index (χ2v) is 5.65. The molecule has 1 aliphatic heterocycles. The Morgan fingerprint density at radius 2 is 2.00 bits per heavy atom. The smallest absolute Gasteiger partial charge is 0.162 e. The van der Waals surface area contributed by atoms with E-state index >= 15 is 0 Å². The number of ether oxygens (including phenoxy) is 2. The maximum atomic E-state index is 5.94. The summed E-state index contributed by atoms with van der Waals surface area (Å²) >= 11 is 1.64. The van der Waals surface area contributed by atoms with Crippen LogP contribution in [-0.2, 0) is 0 Å². The first kappa shape index (κ1) is 12.4. The highest BCUT2D eigenvalue weighted by Crippen LogP contribution is 2.37. The number of nitrogens with zero attached hydrogens (tertiary/aromatic N) is 1. The summed E-state index contributed by atoms with van der Waals surface area (Å²) in [5.41, 5.74) is 7.99. The highest BCUT2D eigenvalue weighted by molar-refractivity contribution is 7.15. The summed E-state index contributed by atoms with van der Waals surface area (Å²) < 4.78 is 11.1. The number of thiazole rings is 1. The lowest BCUT2D eigenvalue weighted by Crippen LogP contribution is -2.15. The van der Waals surface area contributed by atoms with E-state index in [4.69, 9.17) is 15.2 Å². The monoisotopic (exact) mass is 276 g/mol. The van der Waals surface area contributed by atoms with E-state index in [-0.39, 0.29) is 6.04 Å². The van der Waals surface area contributed by atoms with Crippen molar-refractivity contribution in [1.29, 1.82) is 0 Å². The van der Waals surface area contributed by atoms with Crippen molar-refractivity contribution in [2.75, 3.05) is 13.2 Å². The maximum Gasteiger partial charge on any atom is 0.162 e. The zero-order valence-corrected chi connectivity index (χ0v) is 11.8. The molecule has 1 atom stereocenters. The second-order valence-electron chi connectivity index (χ2n) is 4.62. The average molecular weight is 276 g/mol. The van der Waals surface area contributed by atoms with Gasteiger partial charge in [-0.15, -0.1) is 11.3 Å². The van der Waals surface area contributed by atoms with Crippen molar-refractivity contribution in [3.63, 3.8) is 0 Å². The van der Waals surface area contributed by atoms with Crippen LogP contribution in [0.15, 0.2) is 18.2 Å². The van der Waals surface area contributed by atoms with Gasteiger partial charge in [0.05, 0.1) is 5.69 Å². The van der Waals surface area contributed by atoms with Crippen LogP contribution in [-0.4, -0.2) is 18.2 Å². The van der Waals surface area contributed by atoms with Crippen LogP contribution < -0.4 is 15.2 Å². The summed E-state index contributed by atoms with van der Waals surface area (Å²) in [5, 5.41) is 0.974. The van der Waals surface area contributed by atoms with Crippen LogP contribution in [0.1, 0.15) is 23.5 Å². The number of aromatic nitrogens is 1. The zero-order chi connectivity index (χ0) is 13.4. The predicted octanol–water partition coefficient (Wildman–Crippen LogP) is 2.91. The molecule has 1 unspecified atom stereocenters. The van der Waals surface area contributed by atoms with Crippen LogP contribution in [0.4, 0.5) is 0 Å². The average Bonchev–Trinajstić information content (AvgIpc) is 2.80. The molecule has 2 N–H and O–H groups in total. The van der Waals surface area contributed by atoms with E-state index in [9.17, 15) is 0 Å². The van der Waals surface area contributed by atoms with Gasteiger partial charge in [-0.2, -0.15) is 0 Å². The first-order chi connectivity index (χ1) is 9.15. The molecule has 0 spiro atoms. The van der Waals surface area contributed by atoms with Crippen molar-refractivity contribution in [2.45, 2.75) is 19.9 Å². The van der Waals surface area contributed by atoms with Gasteiger partial charge in [0.2, 0.25) is 0 Å². The van der Waals surface area contributed by atoms with Crippen molar-refractivity contribution >= 4 is 11.3 Å². The van der Waals surface area contributed by atoms with Gasteiger partial charge in [0.1, 0.15) is 18.2 Å². The third kappa shape index (κ3) is 2.31. The van der Waals surface area contributed by atoms with Crippen LogP contribution in [0, 0.1) is 6.92 Å². The maximum absolute atomic E-state index is 5.94. The molecule has 0 amide bonds. The standard InChI is InChI=1S/C14H16N2O2S/c1-8(15)13-9(2)16-14(19-13)10-3-4-11-12(7-10)18-6-5-17-11/h3-4,7-8H,5-6,15H2,1-2H3. The van der Waals surface area contributed by atoms with Gasteiger partial charge < -0.3 is 15.2 Å². The van der Waals surface area contributed by atoms with Crippen molar-refractivity contribution in [1.82, 2.24) is 4.98 Å². The van der Waals surface area contributed by atoms with Crippen molar-refractivity contribution in [3.8, 4) is 22.1 Å². The number of nitrogens with two attached hydrogens (primary N) is 1. The number of hydrogen-bond acceptors (Lipinski definition) is 5. The van der Waals surface area contributed by atoms with Gasteiger partial charge in [-0.05, 0) is 32.0 Å². The molecule has 3 rings (SSSR count). The van der Waals surface area contributed by atoms with E-state index in [0.717, 1.165) is 32.6 Å². The number of benzene rings is 1. The summed E-state index contributed by atoms with van der Waals surface area (Å²) in [6, 6.07) is 5.95. The summed E-state index contributed by atoms with van der Waals surface area (Å²) in [6.45, 7) is 5.18. The van der Waals surface area contributed by atoms with Crippen LogP contribution in [0.3, 0.4) is 0 Å². The summed E-state index contributed by atoms with van der Waals surface area (Å²) in [7, 11) is 0. The molecule has 0 saturated heterocycles. The van der Waals surface area contributed by atoms with E-state index in [1.807, 2.05) is 32.0 Å². The zero-order valence-electron chi connectivity index (χ0n) is 11.0. The van der Waals surface area contributed by atoms with Crippen LogP contribution >= 0.6 is 11.3 Å². The van der Waals surface area contributed by atoms with Gasteiger partial charge in [0, 0.05) is 16.5 Å². The fourth-order valence-corrected chi connectivity index (χ4v) is 3.15. The highest BCUT2D eigenvalue weighted by Gasteiger charge is 2.16. The third-order valence-electron chi connectivity index (χ3n) is 3.04. The first-order valence-corrected chi connectivity index (χ1v) is 7.09. The molecule has 0 saturated carbocycles. The number of aryl methyl sites for hydroxylation is 1. The minimum Gasteiger partial charge on any atom is -0.486 e. The summed E-state index contributed by atoms with van der Waals surface area (Å²) in [5.74, 6) is 1.59. The van der Waals surface area contributed by atoms with Crippen molar-refractivity contribution in [2.24, 2.45) is 5.73 Å². The Labute approximate surface area is 116 Å². The van der Waals surface area contributed by atoms with Crippen LogP contribution in [0.5, 0.6) is 11.5 Å². The van der Waals surface area contributed by atoms with Gasteiger partial charge in [0.15, 0.2) is 11.5 Å². The van der Waals surface area contributed by atoms with Gasteiger partial charge >= 0.3 is 0 Å². The first-order valence-electron chi connectivity index (χ1n) is 6.28. The minimum atomic E-state index is 0.0171. The Hall–Kier alpha value is -1.59. The molecule has 4 nitrogen and oxygen atoms in total. The largest absolute Gasteiger partial charge is 0.486 e. The van der Waals surface area contributed by atoms with Gasteiger partial charge in [0.25, 0.3) is 0 Å². The van der Waals surface area contributed by atoms with E-state index in [0.29, 0.717) is 13.2 Å². The van der Waals surface area contributed by atoms with Gasteiger partial charge in [-0.25, -0.2) is 4.98 Å². The van der Waals surface area contributed by atoms with Crippen LogP contribution in [0.25, 0.3) is 10.6 Å². The lowest BCUT2D eigenvalue weighted by molar-refractivity contribution is 0.171. The molecule has 0 radical (unpaired) electrons. The van der Waals surface area contributed by atoms with Gasteiger partial charge in [-0.3, -0.25) is 0 Å². The minimum absolute atomic E-state index is 0.0171. The summed E-state index contributed by atoms with van der Waals surface area (Å²) in [4.78, 5) is 5.72. The fraction of sp³-hybridized carbons (Fsp3) is 0.357. The molecular weight excluding hydrogens is 260 g/mol. The Bertz CT molecular complexity index is 607. The third-order valence-corrected chi connectivity index (χ3v) is 4.44. The number of hydrogen-bond donors (Lipinski definition) is 1. The molecule has 5 heteroatoms. The topological polar surface area (TPSA) is 57.4 Å². The lowest BCUT2D eigenvalue weighted by Gasteiger charge is -2.18. The molecule has 0 bridgehead atoms. The molecule has 1 aromatic heterocycles. The molecule has 100 valence electrons. The van der Waals surface area contributed by atoms with E-state index in [2.05, 4.69) is 4.98 Å². The van der Waals surface area contributed by atoms with Crippen LogP contribution in [0.2, 0.25) is 0 Å². The molecule has 0 aliphatic carbocycles. The normalized spacial score (nSPS) is 15.3. The fourth-order valence-electron chi connectivity index (χ4n) is 2.13. The Morgan fingerprint density at radius 3 is 2.68 bits per heavy atom. The second kappa shape index (κ2) is 4.83. The Kier molecular flexibility index (Phi) is 3.16. The Balaban J connectivity index is 2.00. The molecular formula is C14H16N2O2S. The molecule has 19 heavy (non-hydrogen) atoms. The molecule has 1 aliphatic rings. The molecule has 2 heterocycles. The van der Waals surface area contributed by atoms with E-state index in [1.54, 1.807) is 11.3 Å². The van der Waals surface area contributed by atoms with Crippen molar-refractivity contribution in [3.05, 3.63) is 28.8 Å². The predicted molar refractivity (Wildman–Crippen MR) is 75.9 cm³/mol. The quantitative estimate of drug-likeness (QED) is 0.916. The molecule has 1 aromatic carbocycles. The summed E-state index contributed by atoms with van der Waals surface area (Å²) in [6.07, 6.45) is 0. The van der Waals surface area contributed by atoms with E-state index in [1.165, 1.54) is 0 Å². The lowest BCUT2D eigenvalue weighted by atomic mass is 10.2. The molecule has 2 aromatic rings. The SMILES string of the molecule is Cc1nc(-c2ccc3c(c2)OCCO3)sc1C(C)N. The van der Waals surface area contributed by atoms with E-state index < -0.39 is 0 Å². The number of rotatable bonds is 2. The Morgan fingerprint density at radius 1 is 1.26 bits per heavy atom. The van der Waals surface area contributed by atoms with Crippen molar-refractivity contribution < 1.29 is 9.47 Å².